The summed E-state index contributed by atoms with van der Waals surface area (Å²) in [5.74, 6) is 0.548. The number of carbonyl (C=O) groups is 1. The quantitative estimate of drug-likeness (QED) is 0.0653. The standard InChI is InChI=1S/C49H57N7O7S/c1-48(58)17-14-32(15-18-48)30-51-42-13-11-38(27-44(42)56(59)60)64(61,62)53-47(57)41-12-10-35(26-45(41)63-37-25-34-16-21-50-46(34)52-31-37)54-23-19-49(20-24-54)28-36(29-49)55-22-4-7-43(55)40-6-3-2-5-39(40)33-8-9-33/h2-3,5-6,10-13,16,21,25-27,31-33,36,43,51,58H,4,7-9,14-15,17-20,22-24,28-30H2,1H3,(H,50,52)(H,53,57)/t32-,43-,48-/m1/s1. The molecule has 3 aliphatic carbocycles. The molecule has 0 radical (unpaired) electrons. The molecule has 15 heteroatoms. The number of H-pyrrole nitrogens is 1. The van der Waals surface area contributed by atoms with E-state index in [9.17, 15) is 28.4 Å². The molecule has 2 aliphatic heterocycles. The van der Waals surface area contributed by atoms with E-state index in [0.29, 0.717) is 48.3 Å². The second-order valence-electron chi connectivity index (χ2n) is 19.4. The number of likely N-dealkylation sites (tertiary alicyclic amines) is 1. The topological polar surface area (TPSA) is 183 Å². The van der Waals surface area contributed by atoms with Crippen LogP contribution in [0.1, 0.15) is 117 Å². The van der Waals surface area contributed by atoms with Crippen molar-refractivity contribution < 1.29 is 28.0 Å². The summed E-state index contributed by atoms with van der Waals surface area (Å²) in [6.07, 6.45) is 15.8. The molecule has 5 aliphatic rings. The zero-order valence-electron chi connectivity index (χ0n) is 36.3. The summed E-state index contributed by atoms with van der Waals surface area (Å²) >= 11 is 0. The Bertz CT molecular complexity index is 2670. The molecule has 1 spiro atoms. The number of nitro benzene ring substituents is 1. The number of pyridine rings is 1. The lowest BCUT2D eigenvalue weighted by Crippen LogP contribution is -2.54. The number of carbonyl (C=O) groups excluding carboxylic acids is 1. The molecule has 10 rings (SSSR count). The van der Waals surface area contributed by atoms with Crippen LogP contribution in [0.3, 0.4) is 0 Å². The average Bonchev–Trinajstić information content (AvgIpc) is 3.82. The number of ether oxygens (including phenoxy) is 1. The Labute approximate surface area is 374 Å². The van der Waals surface area contributed by atoms with Crippen molar-refractivity contribution in [1.82, 2.24) is 19.6 Å². The molecule has 4 N–H and O–H groups in total. The number of fused-ring (bicyclic) bond motifs is 1. The van der Waals surface area contributed by atoms with E-state index >= 15 is 0 Å². The van der Waals surface area contributed by atoms with Crippen LogP contribution in [0, 0.1) is 21.4 Å². The molecule has 2 saturated heterocycles. The van der Waals surface area contributed by atoms with Crippen LogP contribution in [0.15, 0.2) is 90.1 Å². The summed E-state index contributed by atoms with van der Waals surface area (Å²) in [5, 5.41) is 26.4. The first-order valence-corrected chi connectivity index (χ1v) is 24.5. The number of rotatable bonds is 13. The lowest BCUT2D eigenvalue weighted by Gasteiger charge is -2.56. The van der Waals surface area contributed by atoms with Crippen molar-refractivity contribution in [3.8, 4) is 11.5 Å². The average molecular weight is 888 g/mol. The number of nitrogens with zero attached hydrogens (tertiary/aromatic N) is 4. The van der Waals surface area contributed by atoms with Gasteiger partial charge in [0.15, 0.2) is 0 Å². The Balaban J connectivity index is 0.833. The van der Waals surface area contributed by atoms with E-state index in [1.54, 1.807) is 41.7 Å². The highest BCUT2D eigenvalue weighted by Crippen LogP contribution is 2.55. The molecule has 64 heavy (non-hydrogen) atoms. The third kappa shape index (κ3) is 8.69. The second-order valence-corrected chi connectivity index (χ2v) is 21.1. The molecule has 2 aromatic heterocycles. The fourth-order valence-corrected chi connectivity index (χ4v) is 12.0. The van der Waals surface area contributed by atoms with E-state index in [1.807, 2.05) is 19.1 Å². The van der Waals surface area contributed by atoms with Crippen LogP contribution in [0.5, 0.6) is 11.5 Å². The molecular formula is C49H57N7O7S. The number of benzene rings is 3. The lowest BCUT2D eigenvalue weighted by atomic mass is 9.59. The van der Waals surface area contributed by atoms with Gasteiger partial charge in [-0.15, -0.1) is 0 Å². The van der Waals surface area contributed by atoms with Gasteiger partial charge in [0.1, 0.15) is 22.8 Å². The van der Waals surface area contributed by atoms with Gasteiger partial charge in [-0.05, 0) is 155 Å². The molecule has 3 aromatic carbocycles. The molecule has 0 bridgehead atoms. The summed E-state index contributed by atoms with van der Waals surface area (Å²) in [5.41, 5.74) is 4.03. The van der Waals surface area contributed by atoms with Gasteiger partial charge < -0.3 is 25.0 Å². The number of sulfonamides is 1. The van der Waals surface area contributed by atoms with Crippen molar-refractivity contribution in [2.45, 2.75) is 112 Å². The second kappa shape index (κ2) is 16.8. The molecular weight excluding hydrogens is 831 g/mol. The highest BCUT2D eigenvalue weighted by atomic mass is 32.2. The van der Waals surface area contributed by atoms with Crippen LogP contribution < -0.4 is 19.7 Å². The first-order chi connectivity index (χ1) is 30.8. The van der Waals surface area contributed by atoms with Crippen LogP contribution in [-0.2, 0) is 10.0 Å². The van der Waals surface area contributed by atoms with E-state index in [-0.39, 0.29) is 22.9 Å². The van der Waals surface area contributed by atoms with Crippen molar-refractivity contribution in [3.05, 3.63) is 112 Å². The van der Waals surface area contributed by atoms with Gasteiger partial charge in [-0.2, -0.15) is 0 Å². The fraction of sp³-hybridized carbons (Fsp3) is 0.469. The molecule has 1 amide bonds. The zero-order chi connectivity index (χ0) is 44.2. The van der Waals surface area contributed by atoms with Crippen LogP contribution in [-0.4, -0.2) is 77.0 Å². The van der Waals surface area contributed by atoms with Gasteiger partial charge in [0.2, 0.25) is 0 Å². The van der Waals surface area contributed by atoms with Gasteiger partial charge in [0, 0.05) is 61.1 Å². The van der Waals surface area contributed by atoms with Crippen molar-refractivity contribution in [2.75, 3.05) is 36.4 Å². The molecule has 5 fully saturated rings. The van der Waals surface area contributed by atoms with Crippen LogP contribution in [0.25, 0.3) is 11.0 Å². The largest absolute Gasteiger partial charge is 0.455 e. The highest BCUT2D eigenvalue weighted by Gasteiger charge is 2.50. The summed E-state index contributed by atoms with van der Waals surface area (Å²) in [4.78, 5) is 37.7. The number of aromatic nitrogens is 2. The fourth-order valence-electron chi connectivity index (χ4n) is 11.0. The number of nitro groups is 1. The van der Waals surface area contributed by atoms with Crippen molar-refractivity contribution in [3.63, 3.8) is 0 Å². The molecule has 14 nitrogen and oxygen atoms in total. The first kappa shape index (κ1) is 42.4. The molecule has 4 heterocycles. The Kier molecular flexibility index (Phi) is 11.1. The summed E-state index contributed by atoms with van der Waals surface area (Å²) in [7, 11) is -4.56. The maximum atomic E-state index is 14.0. The van der Waals surface area contributed by atoms with Crippen molar-refractivity contribution >= 4 is 44.0 Å². The van der Waals surface area contributed by atoms with E-state index in [1.165, 1.54) is 57.2 Å². The van der Waals surface area contributed by atoms with E-state index < -0.39 is 37.0 Å². The van der Waals surface area contributed by atoms with E-state index in [2.05, 4.69) is 54.1 Å². The van der Waals surface area contributed by atoms with Gasteiger partial charge in [0.05, 0.1) is 27.2 Å². The van der Waals surface area contributed by atoms with E-state index in [0.717, 1.165) is 61.8 Å². The molecule has 3 saturated carbocycles. The van der Waals surface area contributed by atoms with Gasteiger partial charge in [-0.3, -0.25) is 19.8 Å². The number of anilines is 2. The Hall–Kier alpha value is -5.51. The number of nitrogens with one attached hydrogen (secondary N) is 3. The van der Waals surface area contributed by atoms with Gasteiger partial charge in [0.25, 0.3) is 21.6 Å². The van der Waals surface area contributed by atoms with Crippen molar-refractivity contribution in [1.29, 1.82) is 0 Å². The Morgan fingerprint density at radius 2 is 1.72 bits per heavy atom. The monoisotopic (exact) mass is 887 g/mol. The molecule has 0 unspecified atom stereocenters. The highest BCUT2D eigenvalue weighted by molar-refractivity contribution is 7.90. The predicted molar refractivity (Wildman–Crippen MR) is 245 cm³/mol. The molecule has 1 atom stereocenters. The van der Waals surface area contributed by atoms with Gasteiger partial charge in [-0.1, -0.05) is 24.3 Å². The smallest absolute Gasteiger partial charge is 0.293 e. The minimum absolute atomic E-state index is 0.0144. The number of aromatic amines is 1. The predicted octanol–water partition coefficient (Wildman–Crippen LogP) is 9.20. The van der Waals surface area contributed by atoms with Crippen molar-refractivity contribution in [2.24, 2.45) is 11.3 Å². The maximum Gasteiger partial charge on any atom is 0.293 e. The Morgan fingerprint density at radius 1 is 0.953 bits per heavy atom. The van der Waals surface area contributed by atoms with Gasteiger partial charge in [-0.25, -0.2) is 18.1 Å². The summed E-state index contributed by atoms with van der Waals surface area (Å²) in [6.45, 7) is 5.13. The van der Waals surface area contributed by atoms with Crippen LogP contribution >= 0.6 is 0 Å². The maximum absolute atomic E-state index is 14.0. The minimum Gasteiger partial charge on any atom is -0.455 e. The third-order valence-electron chi connectivity index (χ3n) is 14.9. The Morgan fingerprint density at radius 3 is 2.47 bits per heavy atom. The normalized spacial score (nSPS) is 23.8. The zero-order valence-corrected chi connectivity index (χ0v) is 37.1. The number of hydrogen-bond acceptors (Lipinski definition) is 11. The first-order valence-electron chi connectivity index (χ1n) is 23.0. The number of aliphatic hydroxyl groups is 1. The molecule has 336 valence electrons. The SMILES string of the molecule is C[C@]1(O)CC[C@H](CNc2ccc(S(=O)(=O)NC(=O)c3ccc(N4CCC5(CC4)CC(N4CCC[C@@H]4c4ccccc4C4CC4)C5)cc3Oc3cnc4[nH]ccc4c3)cc2[N+](=O)[O-])CC1. The van der Waals surface area contributed by atoms with E-state index in [4.69, 9.17) is 4.74 Å². The number of piperidine rings is 1. The van der Waals surface area contributed by atoms with Crippen LogP contribution in [0.2, 0.25) is 0 Å². The third-order valence-corrected chi connectivity index (χ3v) is 16.3. The summed E-state index contributed by atoms with van der Waals surface area (Å²) in [6, 6.07) is 22.7. The molecule has 5 aromatic rings. The minimum atomic E-state index is -4.56. The summed E-state index contributed by atoms with van der Waals surface area (Å²) < 4.78 is 36.0. The van der Waals surface area contributed by atoms with Crippen LogP contribution in [0.4, 0.5) is 17.1 Å². The van der Waals surface area contributed by atoms with Gasteiger partial charge >= 0.3 is 0 Å². The lowest BCUT2D eigenvalue weighted by molar-refractivity contribution is -0.384. The number of hydrogen-bond donors (Lipinski definition) is 4. The number of amides is 1.